The molecule has 8 nitrogen and oxygen atoms in total. The lowest BCUT2D eigenvalue weighted by molar-refractivity contribution is -0.941. The van der Waals surface area contributed by atoms with E-state index in [2.05, 4.69) is 10.2 Å². The zero-order chi connectivity index (χ0) is 24.2. The Bertz CT molecular complexity index is 1090. The number of nitrogens with two attached hydrogens (primary N) is 1. The number of carbonyl (C=O) groups excluding carboxylic acids is 2. The average Bonchev–Trinajstić information content (AvgIpc) is 3.24. The van der Waals surface area contributed by atoms with Crippen molar-refractivity contribution in [1.29, 1.82) is 0 Å². The van der Waals surface area contributed by atoms with Gasteiger partial charge in [0.25, 0.3) is 5.91 Å². The van der Waals surface area contributed by atoms with Gasteiger partial charge in [-0.2, -0.15) is 5.10 Å². The van der Waals surface area contributed by atoms with Crippen molar-refractivity contribution in [2.75, 3.05) is 20.2 Å². The van der Waals surface area contributed by atoms with Gasteiger partial charge in [-0.1, -0.05) is 60.7 Å². The van der Waals surface area contributed by atoms with E-state index in [1.165, 1.54) is 0 Å². The van der Waals surface area contributed by atoms with E-state index in [9.17, 15) is 14.7 Å². The van der Waals surface area contributed by atoms with E-state index >= 15 is 0 Å². The summed E-state index contributed by atoms with van der Waals surface area (Å²) in [7, 11) is 1.93. The number of aromatic nitrogens is 2. The van der Waals surface area contributed by atoms with Crippen molar-refractivity contribution in [2.45, 2.75) is 30.5 Å². The molecule has 1 aliphatic heterocycles. The molecule has 2 aromatic carbocycles. The van der Waals surface area contributed by atoms with Gasteiger partial charge in [-0.15, -0.1) is 5.10 Å². The van der Waals surface area contributed by atoms with Gasteiger partial charge in [0, 0.05) is 19.0 Å². The summed E-state index contributed by atoms with van der Waals surface area (Å²) in [4.78, 5) is 25.9. The van der Waals surface area contributed by atoms with Crippen LogP contribution in [0.2, 0.25) is 0 Å². The molecule has 2 unspecified atom stereocenters. The van der Waals surface area contributed by atoms with Gasteiger partial charge in [0.2, 0.25) is 11.6 Å². The number of aliphatic hydroxyl groups is 1. The number of esters is 1. The van der Waals surface area contributed by atoms with Crippen LogP contribution in [0.25, 0.3) is 0 Å². The summed E-state index contributed by atoms with van der Waals surface area (Å²) in [5.41, 5.74) is 5.17. The predicted molar refractivity (Wildman–Crippen MR) is 125 cm³/mol. The molecule has 1 saturated heterocycles. The fourth-order valence-corrected chi connectivity index (χ4v) is 4.97. The minimum absolute atomic E-state index is 0.0291. The lowest BCUT2D eigenvalue weighted by Crippen LogP contribution is -2.57. The average molecular weight is 462 g/mol. The SMILES string of the molecule is C[N@@+]1(C(C(N)=O)c2cccnn2)CCCC1COC(=O)C(O)(c1ccccc1)c1ccccc1. The number of hydrogen-bond acceptors (Lipinski definition) is 6. The Labute approximate surface area is 198 Å². The Balaban J connectivity index is 1.60. The first kappa shape index (κ1) is 23.5. The Kier molecular flexibility index (Phi) is 6.72. The van der Waals surface area contributed by atoms with E-state index < -0.39 is 23.5 Å². The third-order valence-electron chi connectivity index (χ3n) is 6.83. The molecule has 0 spiro atoms. The van der Waals surface area contributed by atoms with Crippen LogP contribution < -0.4 is 5.73 Å². The number of amides is 1. The molecule has 1 fully saturated rings. The molecule has 0 aliphatic carbocycles. The summed E-state index contributed by atoms with van der Waals surface area (Å²) in [6.07, 6.45) is 3.12. The summed E-state index contributed by atoms with van der Waals surface area (Å²) < 4.78 is 6.03. The lowest BCUT2D eigenvalue weighted by Gasteiger charge is -2.40. The summed E-state index contributed by atoms with van der Waals surface area (Å²) >= 11 is 0. The van der Waals surface area contributed by atoms with Crippen molar-refractivity contribution in [3.05, 3.63) is 95.8 Å². The van der Waals surface area contributed by atoms with Crippen LogP contribution in [-0.4, -0.2) is 57.9 Å². The molecule has 0 bridgehead atoms. The second-order valence-corrected chi connectivity index (χ2v) is 8.86. The number of nitrogens with zero attached hydrogens (tertiary/aromatic N) is 3. The van der Waals surface area contributed by atoms with Gasteiger partial charge in [0.15, 0.2) is 0 Å². The third kappa shape index (κ3) is 4.30. The van der Waals surface area contributed by atoms with E-state index in [1.54, 1.807) is 66.9 Å². The van der Waals surface area contributed by atoms with Crippen LogP contribution in [0.3, 0.4) is 0 Å². The zero-order valence-electron chi connectivity index (χ0n) is 19.1. The van der Waals surface area contributed by atoms with Crippen LogP contribution >= 0.6 is 0 Å². The van der Waals surface area contributed by atoms with Crippen LogP contribution in [0, 0.1) is 0 Å². The van der Waals surface area contributed by atoms with Gasteiger partial charge in [-0.05, 0) is 23.3 Å². The molecule has 4 rings (SSSR count). The lowest BCUT2D eigenvalue weighted by atomic mass is 9.86. The van der Waals surface area contributed by atoms with Crippen LogP contribution in [0.5, 0.6) is 0 Å². The monoisotopic (exact) mass is 461 g/mol. The second kappa shape index (κ2) is 9.70. The number of benzene rings is 2. The number of rotatable bonds is 8. The molecule has 1 aromatic heterocycles. The van der Waals surface area contributed by atoms with Crippen molar-refractivity contribution < 1.29 is 23.9 Å². The molecule has 1 aliphatic rings. The summed E-state index contributed by atoms with van der Waals surface area (Å²) in [5.74, 6) is -1.27. The van der Waals surface area contributed by atoms with Crippen LogP contribution in [0.15, 0.2) is 79.0 Å². The van der Waals surface area contributed by atoms with Crippen LogP contribution in [0.4, 0.5) is 0 Å². The largest absolute Gasteiger partial charge is 0.457 e. The normalized spacial score (nSPS) is 21.1. The highest BCUT2D eigenvalue weighted by molar-refractivity contribution is 5.85. The number of carbonyl (C=O) groups is 2. The van der Waals surface area contributed by atoms with Crippen molar-refractivity contribution in [2.24, 2.45) is 5.73 Å². The van der Waals surface area contributed by atoms with Gasteiger partial charge in [0.05, 0.1) is 13.6 Å². The van der Waals surface area contributed by atoms with Crippen molar-refractivity contribution in [3.63, 3.8) is 0 Å². The zero-order valence-corrected chi connectivity index (χ0v) is 19.1. The molecule has 2 heterocycles. The molecule has 0 saturated carbocycles. The standard InChI is InChI=1S/C26H28N4O4/c1-30(23(24(27)31)22-15-8-16-28-29-22)17-9-14-21(30)18-34-25(32)26(33,19-10-4-2-5-11-19)20-12-6-3-7-13-20/h2-8,10-13,15-16,21,23,33H,9,14,17-18H2,1H3,(H-,27,31)/p+1/t21?,23?,30-/m1/s1. The highest BCUT2D eigenvalue weighted by Crippen LogP contribution is 2.37. The first-order valence-electron chi connectivity index (χ1n) is 11.3. The molecular weight excluding hydrogens is 432 g/mol. The first-order chi connectivity index (χ1) is 16.4. The topological polar surface area (TPSA) is 115 Å². The Morgan fingerprint density at radius 1 is 1.09 bits per heavy atom. The molecule has 3 aromatic rings. The van der Waals surface area contributed by atoms with Gasteiger partial charge >= 0.3 is 5.97 Å². The van der Waals surface area contributed by atoms with Crippen molar-refractivity contribution >= 4 is 11.9 Å². The summed E-state index contributed by atoms with van der Waals surface area (Å²) in [5, 5.41) is 19.7. The van der Waals surface area contributed by atoms with E-state index in [0.29, 0.717) is 23.4 Å². The summed E-state index contributed by atoms with van der Waals surface area (Å²) in [6, 6.07) is 20.0. The highest BCUT2D eigenvalue weighted by Gasteiger charge is 2.50. The maximum Gasteiger partial charge on any atom is 0.347 e. The maximum atomic E-state index is 13.4. The summed E-state index contributed by atoms with van der Waals surface area (Å²) in [6.45, 7) is 0.704. The molecule has 3 atom stereocenters. The number of hydrogen-bond donors (Lipinski definition) is 2. The van der Waals surface area contributed by atoms with E-state index in [4.69, 9.17) is 10.5 Å². The van der Waals surface area contributed by atoms with Crippen LogP contribution in [0.1, 0.15) is 35.7 Å². The molecule has 3 N–H and O–H groups in total. The third-order valence-corrected chi connectivity index (χ3v) is 6.83. The molecule has 8 heteroatoms. The number of likely N-dealkylation sites (tertiary alicyclic amines) is 1. The van der Waals surface area contributed by atoms with Gasteiger partial charge < -0.3 is 20.1 Å². The molecule has 0 radical (unpaired) electrons. The smallest absolute Gasteiger partial charge is 0.347 e. The van der Waals surface area contributed by atoms with Gasteiger partial charge in [0.1, 0.15) is 18.3 Å². The van der Waals surface area contributed by atoms with Crippen molar-refractivity contribution in [3.8, 4) is 0 Å². The minimum atomic E-state index is -1.96. The molecule has 34 heavy (non-hydrogen) atoms. The van der Waals surface area contributed by atoms with E-state index in [0.717, 1.165) is 12.8 Å². The number of likely N-dealkylation sites (N-methyl/N-ethyl adjacent to an activating group) is 1. The maximum absolute atomic E-state index is 13.4. The fraction of sp³-hybridized carbons (Fsp3) is 0.308. The number of ether oxygens (including phenoxy) is 1. The quantitative estimate of drug-likeness (QED) is 0.392. The first-order valence-corrected chi connectivity index (χ1v) is 11.3. The number of primary amides is 1. The Morgan fingerprint density at radius 3 is 2.24 bits per heavy atom. The van der Waals surface area contributed by atoms with Gasteiger partial charge in [-0.3, -0.25) is 4.79 Å². The van der Waals surface area contributed by atoms with Crippen LogP contribution in [-0.2, 0) is 19.9 Å². The minimum Gasteiger partial charge on any atom is -0.457 e. The highest BCUT2D eigenvalue weighted by atomic mass is 16.6. The molecular formula is C26H29N4O4+. The fourth-order valence-electron chi connectivity index (χ4n) is 4.97. The molecule has 1 amide bonds. The Morgan fingerprint density at radius 2 is 1.71 bits per heavy atom. The molecule has 176 valence electrons. The Hall–Kier alpha value is -3.62. The van der Waals surface area contributed by atoms with Gasteiger partial charge in [-0.25, -0.2) is 4.79 Å². The second-order valence-electron chi connectivity index (χ2n) is 8.86. The van der Waals surface area contributed by atoms with E-state index in [1.807, 2.05) is 19.2 Å². The van der Waals surface area contributed by atoms with E-state index in [-0.39, 0.29) is 17.1 Å². The number of quaternary nitrogens is 1. The predicted octanol–water partition coefficient (Wildman–Crippen LogP) is 2.09. The van der Waals surface area contributed by atoms with Crippen molar-refractivity contribution in [1.82, 2.24) is 10.2 Å².